The Kier molecular flexibility index (Phi) is 3.15. The number of esters is 1. The Hall–Kier alpha value is -0.770. The quantitative estimate of drug-likeness (QED) is 0.566. The van der Waals surface area contributed by atoms with E-state index in [0.29, 0.717) is 6.42 Å². The fourth-order valence-electron chi connectivity index (χ4n) is 0.699. The van der Waals surface area contributed by atoms with Gasteiger partial charge < -0.3 is 9.84 Å². The molecule has 1 N–H and O–H groups in total. The highest BCUT2D eigenvalue weighted by molar-refractivity contribution is 5.85. The number of carbonyl (C=O) groups is 2. The molecule has 1 atom stereocenters. The summed E-state index contributed by atoms with van der Waals surface area (Å²) < 4.78 is 4.38. The molecular formula is C5H7ClO4. The molecule has 0 aromatic heterocycles. The van der Waals surface area contributed by atoms with Crippen molar-refractivity contribution in [2.45, 2.75) is 18.9 Å². The number of aliphatic carboxylic acids is 1. The molecule has 1 unspecified atom stereocenters. The van der Waals surface area contributed by atoms with Crippen LogP contribution in [0.4, 0.5) is 0 Å². The Morgan fingerprint density at radius 1 is 1.70 bits per heavy atom. The molecule has 4 nitrogen and oxygen atoms in total. The standard InChI is InChI=1S/C5H6O4.ClH/c6-4-2-1-3(9-4)5(7)8;/h3H,1-2H2,(H,7,8);1H. The average molecular weight is 167 g/mol. The molecule has 1 aliphatic heterocycles. The second-order valence-electron chi connectivity index (χ2n) is 1.86. The topological polar surface area (TPSA) is 63.6 Å². The van der Waals surface area contributed by atoms with Gasteiger partial charge in [0.15, 0.2) is 6.10 Å². The second kappa shape index (κ2) is 3.41. The van der Waals surface area contributed by atoms with Crippen molar-refractivity contribution in [3.8, 4) is 0 Å². The maximum atomic E-state index is 10.3. The minimum Gasteiger partial charge on any atom is -0.479 e. The van der Waals surface area contributed by atoms with Crippen LogP contribution in [0.25, 0.3) is 0 Å². The van der Waals surface area contributed by atoms with Crippen molar-refractivity contribution >= 4 is 24.3 Å². The van der Waals surface area contributed by atoms with Crippen molar-refractivity contribution in [3.05, 3.63) is 0 Å². The monoisotopic (exact) mass is 166 g/mol. The van der Waals surface area contributed by atoms with Crippen LogP contribution in [0.3, 0.4) is 0 Å². The van der Waals surface area contributed by atoms with Gasteiger partial charge in [0, 0.05) is 12.8 Å². The molecule has 1 rings (SSSR count). The average Bonchev–Trinajstić information content (AvgIpc) is 2.14. The van der Waals surface area contributed by atoms with E-state index >= 15 is 0 Å². The minimum atomic E-state index is -1.05. The zero-order chi connectivity index (χ0) is 6.85. The summed E-state index contributed by atoms with van der Waals surface area (Å²) in [6.45, 7) is 0. The van der Waals surface area contributed by atoms with Gasteiger partial charge in [0.25, 0.3) is 0 Å². The largest absolute Gasteiger partial charge is 0.479 e. The van der Waals surface area contributed by atoms with Gasteiger partial charge in [-0.1, -0.05) is 0 Å². The van der Waals surface area contributed by atoms with E-state index in [-0.39, 0.29) is 18.8 Å². The summed E-state index contributed by atoms with van der Waals surface area (Å²) >= 11 is 0. The first-order valence-electron chi connectivity index (χ1n) is 2.62. The highest BCUT2D eigenvalue weighted by Gasteiger charge is 2.28. The number of carboxylic acids is 1. The fraction of sp³-hybridized carbons (Fsp3) is 0.600. The maximum absolute atomic E-state index is 10.3. The lowest BCUT2D eigenvalue weighted by atomic mass is 10.2. The van der Waals surface area contributed by atoms with Crippen molar-refractivity contribution in [1.29, 1.82) is 0 Å². The number of carboxylic acid groups (broad SMARTS) is 1. The number of hydrogen-bond donors (Lipinski definition) is 1. The number of halogens is 1. The number of rotatable bonds is 1. The first-order chi connectivity index (χ1) is 4.20. The number of ether oxygens (including phenoxy) is 1. The van der Waals surface area contributed by atoms with Gasteiger partial charge in [-0.3, -0.25) is 4.79 Å². The fourth-order valence-corrected chi connectivity index (χ4v) is 0.699. The summed E-state index contributed by atoms with van der Waals surface area (Å²) in [5.41, 5.74) is 0. The predicted molar refractivity (Wildman–Crippen MR) is 34.0 cm³/mol. The predicted octanol–water partition coefficient (Wildman–Crippen LogP) is 0.198. The van der Waals surface area contributed by atoms with E-state index in [1.54, 1.807) is 0 Å². The number of hydrogen-bond acceptors (Lipinski definition) is 3. The van der Waals surface area contributed by atoms with E-state index < -0.39 is 18.0 Å². The zero-order valence-corrected chi connectivity index (χ0v) is 5.89. The van der Waals surface area contributed by atoms with E-state index in [1.165, 1.54) is 0 Å². The minimum absolute atomic E-state index is 0. The molecule has 1 saturated heterocycles. The van der Waals surface area contributed by atoms with Crippen LogP contribution in [0.15, 0.2) is 0 Å². The molecule has 0 spiro atoms. The molecule has 0 aromatic carbocycles. The number of carbonyl (C=O) groups excluding carboxylic acids is 1. The highest BCUT2D eigenvalue weighted by Crippen LogP contribution is 2.12. The summed E-state index contributed by atoms with van der Waals surface area (Å²) in [5.74, 6) is -1.47. The molecule has 0 radical (unpaired) electrons. The SMILES string of the molecule is Cl.O=C1CCC(C(=O)O)O1. The lowest BCUT2D eigenvalue weighted by Gasteiger charge is -1.99. The van der Waals surface area contributed by atoms with E-state index in [1.807, 2.05) is 0 Å². The summed E-state index contributed by atoms with van der Waals surface area (Å²) in [4.78, 5) is 20.3. The molecule has 0 saturated carbocycles. The van der Waals surface area contributed by atoms with E-state index in [0.717, 1.165) is 0 Å². The van der Waals surface area contributed by atoms with E-state index in [2.05, 4.69) is 4.74 Å². The van der Waals surface area contributed by atoms with Crippen LogP contribution in [0.5, 0.6) is 0 Å². The molecular weight excluding hydrogens is 160 g/mol. The van der Waals surface area contributed by atoms with Gasteiger partial charge in [0.05, 0.1) is 0 Å². The molecule has 0 amide bonds. The molecule has 1 heterocycles. The molecule has 0 aliphatic carbocycles. The van der Waals surface area contributed by atoms with Crippen LogP contribution >= 0.6 is 12.4 Å². The Morgan fingerprint density at radius 2 is 2.30 bits per heavy atom. The summed E-state index contributed by atoms with van der Waals surface area (Å²) in [6.07, 6.45) is -0.344. The van der Waals surface area contributed by atoms with Gasteiger partial charge >= 0.3 is 11.9 Å². The molecule has 5 heteroatoms. The van der Waals surface area contributed by atoms with Gasteiger partial charge in [-0.2, -0.15) is 0 Å². The molecule has 0 aromatic rings. The summed E-state index contributed by atoms with van der Waals surface area (Å²) in [7, 11) is 0. The third-order valence-corrected chi connectivity index (χ3v) is 1.16. The molecule has 1 fully saturated rings. The lowest BCUT2D eigenvalue weighted by Crippen LogP contribution is -2.18. The Morgan fingerprint density at radius 3 is 2.50 bits per heavy atom. The Labute approximate surface area is 63.6 Å². The second-order valence-corrected chi connectivity index (χ2v) is 1.86. The van der Waals surface area contributed by atoms with Crippen molar-refractivity contribution in [1.82, 2.24) is 0 Å². The van der Waals surface area contributed by atoms with Crippen molar-refractivity contribution in [3.63, 3.8) is 0 Å². The van der Waals surface area contributed by atoms with E-state index in [4.69, 9.17) is 5.11 Å². The molecule has 1 aliphatic rings. The van der Waals surface area contributed by atoms with Gasteiger partial charge in [0.2, 0.25) is 0 Å². The van der Waals surface area contributed by atoms with Crippen LogP contribution in [0.2, 0.25) is 0 Å². The Bertz CT molecular complexity index is 156. The van der Waals surface area contributed by atoms with Crippen LogP contribution < -0.4 is 0 Å². The van der Waals surface area contributed by atoms with Gasteiger partial charge in [-0.25, -0.2) is 4.79 Å². The first kappa shape index (κ1) is 9.23. The van der Waals surface area contributed by atoms with Crippen molar-refractivity contribution < 1.29 is 19.4 Å². The van der Waals surface area contributed by atoms with Gasteiger partial charge in [0.1, 0.15) is 0 Å². The molecule has 10 heavy (non-hydrogen) atoms. The van der Waals surface area contributed by atoms with Crippen molar-refractivity contribution in [2.24, 2.45) is 0 Å². The lowest BCUT2D eigenvalue weighted by molar-refractivity contribution is -0.156. The molecule has 58 valence electrons. The Balaban J connectivity index is 0.000000810. The normalized spacial score (nSPS) is 23.2. The number of cyclic esters (lactones) is 1. The van der Waals surface area contributed by atoms with Gasteiger partial charge in [-0.15, -0.1) is 12.4 Å². The van der Waals surface area contributed by atoms with Gasteiger partial charge in [-0.05, 0) is 0 Å². The van der Waals surface area contributed by atoms with Crippen molar-refractivity contribution in [2.75, 3.05) is 0 Å². The molecule has 0 bridgehead atoms. The summed E-state index contributed by atoms with van der Waals surface area (Å²) in [6, 6.07) is 0. The van der Waals surface area contributed by atoms with E-state index in [9.17, 15) is 9.59 Å². The third-order valence-electron chi connectivity index (χ3n) is 1.16. The zero-order valence-electron chi connectivity index (χ0n) is 5.07. The van der Waals surface area contributed by atoms with Crippen LogP contribution in [0.1, 0.15) is 12.8 Å². The summed E-state index contributed by atoms with van der Waals surface area (Å²) in [5, 5.41) is 8.25. The maximum Gasteiger partial charge on any atom is 0.345 e. The van der Waals surface area contributed by atoms with Crippen LogP contribution in [-0.4, -0.2) is 23.1 Å². The first-order valence-corrected chi connectivity index (χ1v) is 2.62. The van der Waals surface area contributed by atoms with Crippen LogP contribution in [0, 0.1) is 0 Å². The van der Waals surface area contributed by atoms with Crippen LogP contribution in [-0.2, 0) is 14.3 Å². The highest BCUT2D eigenvalue weighted by atomic mass is 35.5. The smallest absolute Gasteiger partial charge is 0.345 e. The third kappa shape index (κ3) is 1.88.